The van der Waals surface area contributed by atoms with Crippen LogP contribution in [0.4, 0.5) is 0 Å². The molecule has 104 valence electrons. The molecule has 0 saturated heterocycles. The fraction of sp³-hybridized carbons (Fsp3) is 0.833. The zero-order valence-corrected chi connectivity index (χ0v) is 12.2. The maximum absolute atomic E-state index is 5.91. The Labute approximate surface area is 115 Å². The summed E-state index contributed by atoms with van der Waals surface area (Å²) in [5, 5.41) is 3.92. The van der Waals surface area contributed by atoms with Crippen molar-refractivity contribution in [3.8, 4) is 0 Å². The van der Waals surface area contributed by atoms with Crippen molar-refractivity contribution < 1.29 is 4.52 Å². The summed E-state index contributed by atoms with van der Waals surface area (Å²) in [6, 6.07) is 0. The Balaban J connectivity index is 0.00000162. The molecular formula is C12H23ClN4O. The summed E-state index contributed by atoms with van der Waals surface area (Å²) in [7, 11) is 2.09. The average molecular weight is 275 g/mol. The SMILES string of the molecule is CN(Cc1nc(C(C)(C)N)no1)CC1CCC1.Cl. The van der Waals surface area contributed by atoms with Gasteiger partial charge in [-0.05, 0) is 39.7 Å². The lowest BCUT2D eigenvalue weighted by atomic mass is 9.85. The second-order valence-electron chi connectivity index (χ2n) is 5.73. The number of aromatic nitrogens is 2. The first kappa shape index (κ1) is 15.4. The topological polar surface area (TPSA) is 68.2 Å². The molecule has 2 N–H and O–H groups in total. The Kier molecular flexibility index (Phi) is 5.13. The highest BCUT2D eigenvalue weighted by Gasteiger charge is 2.23. The minimum atomic E-state index is -0.533. The number of rotatable bonds is 5. The van der Waals surface area contributed by atoms with E-state index in [9.17, 15) is 0 Å². The van der Waals surface area contributed by atoms with Crippen molar-refractivity contribution in [3.63, 3.8) is 0 Å². The van der Waals surface area contributed by atoms with Gasteiger partial charge in [-0.3, -0.25) is 4.90 Å². The van der Waals surface area contributed by atoms with Gasteiger partial charge in [-0.25, -0.2) is 0 Å². The van der Waals surface area contributed by atoms with Crippen LogP contribution in [0.5, 0.6) is 0 Å². The molecule has 0 radical (unpaired) electrons. The third kappa shape index (κ3) is 3.93. The van der Waals surface area contributed by atoms with E-state index in [0.717, 1.165) is 12.5 Å². The molecule has 1 aromatic heterocycles. The summed E-state index contributed by atoms with van der Waals surface area (Å²) in [4.78, 5) is 6.57. The molecule has 0 amide bonds. The molecule has 1 saturated carbocycles. The second-order valence-corrected chi connectivity index (χ2v) is 5.73. The van der Waals surface area contributed by atoms with E-state index in [1.54, 1.807) is 0 Å². The first-order valence-electron chi connectivity index (χ1n) is 6.25. The van der Waals surface area contributed by atoms with E-state index in [4.69, 9.17) is 10.3 Å². The molecule has 0 spiro atoms. The van der Waals surface area contributed by atoms with Crippen LogP contribution in [0.3, 0.4) is 0 Å². The Morgan fingerprint density at radius 3 is 2.56 bits per heavy atom. The van der Waals surface area contributed by atoms with Gasteiger partial charge in [0.25, 0.3) is 0 Å². The van der Waals surface area contributed by atoms with Gasteiger partial charge in [-0.1, -0.05) is 11.6 Å². The van der Waals surface area contributed by atoms with E-state index in [-0.39, 0.29) is 12.4 Å². The Morgan fingerprint density at radius 1 is 1.44 bits per heavy atom. The molecule has 2 rings (SSSR count). The minimum Gasteiger partial charge on any atom is -0.338 e. The highest BCUT2D eigenvalue weighted by molar-refractivity contribution is 5.85. The lowest BCUT2D eigenvalue weighted by Gasteiger charge is -2.29. The summed E-state index contributed by atoms with van der Waals surface area (Å²) in [6.45, 7) is 5.57. The zero-order valence-electron chi connectivity index (χ0n) is 11.3. The van der Waals surface area contributed by atoms with Crippen LogP contribution < -0.4 is 5.73 Å². The van der Waals surface area contributed by atoms with Gasteiger partial charge in [0.15, 0.2) is 5.82 Å². The largest absolute Gasteiger partial charge is 0.338 e. The molecule has 18 heavy (non-hydrogen) atoms. The minimum absolute atomic E-state index is 0. The molecule has 5 nitrogen and oxygen atoms in total. The van der Waals surface area contributed by atoms with Crippen LogP contribution in [0, 0.1) is 5.92 Å². The highest BCUT2D eigenvalue weighted by atomic mass is 35.5. The summed E-state index contributed by atoms with van der Waals surface area (Å²) >= 11 is 0. The molecule has 0 aromatic carbocycles. The third-order valence-corrected chi connectivity index (χ3v) is 3.24. The van der Waals surface area contributed by atoms with Gasteiger partial charge in [-0.15, -0.1) is 12.4 Å². The van der Waals surface area contributed by atoms with E-state index in [2.05, 4.69) is 22.1 Å². The molecular weight excluding hydrogens is 252 g/mol. The number of nitrogens with zero attached hydrogens (tertiary/aromatic N) is 3. The summed E-state index contributed by atoms with van der Waals surface area (Å²) < 4.78 is 5.21. The first-order valence-corrected chi connectivity index (χ1v) is 6.25. The Morgan fingerprint density at radius 2 is 2.11 bits per heavy atom. The lowest BCUT2D eigenvalue weighted by molar-refractivity contribution is 0.183. The van der Waals surface area contributed by atoms with E-state index in [0.29, 0.717) is 18.3 Å². The van der Waals surface area contributed by atoms with Crippen LogP contribution in [-0.2, 0) is 12.1 Å². The van der Waals surface area contributed by atoms with Crippen LogP contribution in [0.1, 0.15) is 44.8 Å². The maximum Gasteiger partial charge on any atom is 0.240 e. The molecule has 6 heteroatoms. The summed E-state index contributed by atoms with van der Waals surface area (Å²) in [5.41, 5.74) is 5.38. The number of hydrogen-bond acceptors (Lipinski definition) is 5. The van der Waals surface area contributed by atoms with E-state index in [1.165, 1.54) is 19.3 Å². The summed E-state index contributed by atoms with van der Waals surface area (Å²) in [5.74, 6) is 2.08. The van der Waals surface area contributed by atoms with Crippen molar-refractivity contribution in [2.24, 2.45) is 11.7 Å². The first-order chi connectivity index (χ1) is 7.95. The summed E-state index contributed by atoms with van der Waals surface area (Å²) in [6.07, 6.45) is 4.09. The highest BCUT2D eigenvalue weighted by Crippen LogP contribution is 2.27. The predicted molar refractivity (Wildman–Crippen MR) is 72.4 cm³/mol. The van der Waals surface area contributed by atoms with Crippen molar-refractivity contribution in [2.45, 2.75) is 45.2 Å². The fourth-order valence-electron chi connectivity index (χ4n) is 1.99. The van der Waals surface area contributed by atoms with Crippen LogP contribution in [0.2, 0.25) is 0 Å². The van der Waals surface area contributed by atoms with Crippen LogP contribution in [0.25, 0.3) is 0 Å². The standard InChI is InChI=1S/C12H22N4O.ClH/c1-12(2,13)11-14-10(17-15-11)8-16(3)7-9-5-4-6-9;/h9H,4-8,13H2,1-3H3;1H. The number of nitrogens with two attached hydrogens (primary N) is 1. The predicted octanol–water partition coefficient (Wildman–Crippen LogP) is 1.92. The quantitative estimate of drug-likeness (QED) is 0.888. The zero-order chi connectivity index (χ0) is 12.5. The van der Waals surface area contributed by atoms with E-state index >= 15 is 0 Å². The molecule has 0 aliphatic heterocycles. The molecule has 0 bridgehead atoms. The van der Waals surface area contributed by atoms with Gasteiger partial charge < -0.3 is 10.3 Å². The van der Waals surface area contributed by atoms with Crippen molar-refractivity contribution >= 4 is 12.4 Å². The van der Waals surface area contributed by atoms with Gasteiger partial charge in [0, 0.05) is 6.54 Å². The number of halogens is 1. The van der Waals surface area contributed by atoms with Crippen molar-refractivity contribution in [1.82, 2.24) is 15.0 Å². The van der Waals surface area contributed by atoms with Gasteiger partial charge >= 0.3 is 0 Å². The lowest BCUT2D eigenvalue weighted by Crippen LogP contribution is -2.31. The average Bonchev–Trinajstić information content (AvgIpc) is 2.59. The molecule has 1 aromatic rings. The van der Waals surface area contributed by atoms with Crippen molar-refractivity contribution in [1.29, 1.82) is 0 Å². The van der Waals surface area contributed by atoms with E-state index in [1.807, 2.05) is 13.8 Å². The molecule has 1 fully saturated rings. The smallest absolute Gasteiger partial charge is 0.240 e. The monoisotopic (exact) mass is 274 g/mol. The number of hydrogen-bond donors (Lipinski definition) is 1. The Hall–Kier alpha value is -0.650. The molecule has 0 unspecified atom stereocenters. The maximum atomic E-state index is 5.91. The van der Waals surface area contributed by atoms with Crippen LogP contribution in [0.15, 0.2) is 4.52 Å². The van der Waals surface area contributed by atoms with E-state index < -0.39 is 5.54 Å². The van der Waals surface area contributed by atoms with Crippen LogP contribution >= 0.6 is 12.4 Å². The van der Waals surface area contributed by atoms with Gasteiger partial charge in [0.1, 0.15) is 0 Å². The van der Waals surface area contributed by atoms with Gasteiger partial charge in [0.05, 0.1) is 12.1 Å². The second kappa shape index (κ2) is 5.99. The molecule has 0 atom stereocenters. The van der Waals surface area contributed by atoms with Crippen LogP contribution in [-0.4, -0.2) is 28.6 Å². The van der Waals surface area contributed by atoms with Gasteiger partial charge in [0.2, 0.25) is 5.89 Å². The van der Waals surface area contributed by atoms with Crippen molar-refractivity contribution in [2.75, 3.05) is 13.6 Å². The molecule has 1 heterocycles. The van der Waals surface area contributed by atoms with Gasteiger partial charge in [-0.2, -0.15) is 4.98 Å². The normalized spacial score (nSPS) is 16.5. The fourth-order valence-corrected chi connectivity index (χ4v) is 1.99. The Bertz CT molecular complexity index is 370. The third-order valence-electron chi connectivity index (χ3n) is 3.24. The molecule has 1 aliphatic carbocycles. The van der Waals surface area contributed by atoms with Crippen molar-refractivity contribution in [3.05, 3.63) is 11.7 Å². The molecule has 1 aliphatic rings.